The lowest BCUT2D eigenvalue weighted by Gasteiger charge is -2.59. The van der Waals surface area contributed by atoms with Crippen molar-refractivity contribution in [2.45, 2.75) is 65.9 Å². The Labute approximate surface area is 189 Å². The number of benzene rings is 1. The van der Waals surface area contributed by atoms with Crippen LogP contribution in [0.5, 0.6) is 0 Å². The zero-order valence-corrected chi connectivity index (χ0v) is 19.3. The van der Waals surface area contributed by atoms with Gasteiger partial charge in [0.05, 0.1) is 11.3 Å². The number of esters is 1. The average Bonchev–Trinajstić information content (AvgIpc) is 3.05. The number of ether oxygens (including phenoxy) is 1. The van der Waals surface area contributed by atoms with Gasteiger partial charge >= 0.3 is 11.9 Å². The molecular weight excluding hydrogens is 402 g/mol. The number of rotatable bonds is 2. The highest BCUT2D eigenvalue weighted by molar-refractivity contribution is 5.94. The SMILES string of the molecule is CC1=C2C=C3CC[C@@H]4C(C)(C)/C(=N/OC(=O)c5ccccc5)CC[C@@]4(C)[C@@H]3C[C@H]2OC1=O. The van der Waals surface area contributed by atoms with E-state index in [2.05, 4.69) is 32.0 Å². The van der Waals surface area contributed by atoms with Gasteiger partial charge < -0.3 is 9.57 Å². The van der Waals surface area contributed by atoms with Gasteiger partial charge in [-0.25, -0.2) is 9.59 Å². The Kier molecular flexibility index (Phi) is 4.92. The van der Waals surface area contributed by atoms with Crippen molar-refractivity contribution in [3.8, 4) is 0 Å². The van der Waals surface area contributed by atoms with E-state index in [1.54, 1.807) is 12.1 Å². The molecule has 0 unspecified atom stereocenters. The van der Waals surface area contributed by atoms with Crippen LogP contribution in [0.25, 0.3) is 0 Å². The van der Waals surface area contributed by atoms with Crippen molar-refractivity contribution in [1.82, 2.24) is 0 Å². The third-order valence-corrected chi connectivity index (χ3v) is 8.65. The molecule has 2 fully saturated rings. The lowest BCUT2D eigenvalue weighted by atomic mass is 9.45. The normalized spacial score (nSPS) is 34.2. The van der Waals surface area contributed by atoms with Crippen molar-refractivity contribution >= 4 is 17.7 Å². The van der Waals surface area contributed by atoms with Crippen LogP contribution in [0.1, 0.15) is 70.2 Å². The highest BCUT2D eigenvalue weighted by Crippen LogP contribution is 2.62. The van der Waals surface area contributed by atoms with Gasteiger partial charge in [0.2, 0.25) is 0 Å². The molecule has 5 nitrogen and oxygen atoms in total. The summed E-state index contributed by atoms with van der Waals surface area (Å²) in [4.78, 5) is 29.9. The first-order valence-corrected chi connectivity index (χ1v) is 11.7. The van der Waals surface area contributed by atoms with E-state index in [1.165, 1.54) is 5.57 Å². The van der Waals surface area contributed by atoms with Gasteiger partial charge in [-0.15, -0.1) is 0 Å². The third-order valence-electron chi connectivity index (χ3n) is 8.65. The quantitative estimate of drug-likeness (QED) is 0.345. The molecule has 1 heterocycles. The molecule has 4 aliphatic rings. The van der Waals surface area contributed by atoms with Gasteiger partial charge in [-0.3, -0.25) is 0 Å². The predicted molar refractivity (Wildman–Crippen MR) is 122 cm³/mol. The summed E-state index contributed by atoms with van der Waals surface area (Å²) in [6.07, 6.45) is 6.94. The molecule has 0 amide bonds. The van der Waals surface area contributed by atoms with Gasteiger partial charge in [0, 0.05) is 16.6 Å². The topological polar surface area (TPSA) is 65.0 Å². The second-order valence-electron chi connectivity index (χ2n) is 10.6. The zero-order valence-electron chi connectivity index (χ0n) is 19.3. The molecule has 168 valence electrons. The fourth-order valence-electron chi connectivity index (χ4n) is 6.84. The van der Waals surface area contributed by atoms with Gasteiger partial charge in [-0.2, -0.15) is 0 Å². The van der Waals surface area contributed by atoms with Crippen LogP contribution in [0.4, 0.5) is 0 Å². The van der Waals surface area contributed by atoms with E-state index >= 15 is 0 Å². The minimum absolute atomic E-state index is 0.100. The van der Waals surface area contributed by atoms with E-state index in [0.717, 1.165) is 49.0 Å². The van der Waals surface area contributed by atoms with Crippen molar-refractivity contribution in [3.63, 3.8) is 0 Å². The molecule has 0 bridgehead atoms. The van der Waals surface area contributed by atoms with Crippen LogP contribution >= 0.6 is 0 Å². The van der Waals surface area contributed by atoms with Crippen molar-refractivity contribution in [1.29, 1.82) is 0 Å². The van der Waals surface area contributed by atoms with Gasteiger partial charge in [0.15, 0.2) is 0 Å². The van der Waals surface area contributed by atoms with E-state index < -0.39 is 5.97 Å². The molecule has 1 aliphatic heterocycles. The maximum absolute atomic E-state index is 12.4. The lowest BCUT2D eigenvalue weighted by molar-refractivity contribution is -0.141. The summed E-state index contributed by atoms with van der Waals surface area (Å²) >= 11 is 0. The van der Waals surface area contributed by atoms with Crippen LogP contribution < -0.4 is 0 Å². The van der Waals surface area contributed by atoms with Crippen LogP contribution in [0, 0.1) is 22.7 Å². The second-order valence-corrected chi connectivity index (χ2v) is 10.6. The molecule has 5 heteroatoms. The van der Waals surface area contributed by atoms with Crippen LogP contribution in [0.2, 0.25) is 0 Å². The molecular formula is C27H31NO4. The van der Waals surface area contributed by atoms with Gasteiger partial charge in [-0.05, 0) is 68.4 Å². The van der Waals surface area contributed by atoms with E-state index in [-0.39, 0.29) is 22.9 Å². The fraction of sp³-hybridized carbons (Fsp3) is 0.519. The summed E-state index contributed by atoms with van der Waals surface area (Å²) in [5.41, 5.74) is 4.74. The predicted octanol–water partition coefficient (Wildman–Crippen LogP) is 5.62. The molecule has 1 aromatic rings. The molecule has 1 aromatic carbocycles. The largest absolute Gasteiger partial charge is 0.454 e. The van der Waals surface area contributed by atoms with E-state index in [9.17, 15) is 9.59 Å². The maximum Gasteiger partial charge on any atom is 0.365 e. The Hall–Kier alpha value is -2.69. The van der Waals surface area contributed by atoms with Gasteiger partial charge in [0.25, 0.3) is 0 Å². The first kappa shape index (κ1) is 21.2. The highest BCUT2D eigenvalue weighted by atomic mass is 16.7. The van der Waals surface area contributed by atoms with Crippen molar-refractivity contribution in [2.75, 3.05) is 0 Å². The molecule has 4 atom stereocenters. The molecule has 5 rings (SSSR count). The Morgan fingerprint density at radius 1 is 1.16 bits per heavy atom. The summed E-state index contributed by atoms with van der Waals surface area (Å²) in [5, 5.41) is 4.39. The van der Waals surface area contributed by atoms with Gasteiger partial charge in [-0.1, -0.05) is 55.8 Å². The smallest absolute Gasteiger partial charge is 0.365 e. The summed E-state index contributed by atoms with van der Waals surface area (Å²) in [7, 11) is 0. The molecule has 0 aromatic heterocycles. The summed E-state index contributed by atoms with van der Waals surface area (Å²) < 4.78 is 5.69. The number of oxime groups is 1. The molecule has 0 radical (unpaired) electrons. The third kappa shape index (κ3) is 3.16. The van der Waals surface area contributed by atoms with Crippen LogP contribution in [-0.2, 0) is 14.4 Å². The monoisotopic (exact) mass is 433 g/mol. The molecule has 3 aliphatic carbocycles. The molecule has 0 saturated heterocycles. The second kappa shape index (κ2) is 7.43. The minimum Gasteiger partial charge on any atom is -0.454 e. The Bertz CT molecular complexity index is 1060. The van der Waals surface area contributed by atoms with Crippen molar-refractivity contribution in [2.24, 2.45) is 27.8 Å². The van der Waals surface area contributed by atoms with Crippen molar-refractivity contribution < 1.29 is 19.2 Å². The lowest BCUT2D eigenvalue weighted by Crippen LogP contribution is -2.54. The zero-order chi connectivity index (χ0) is 22.7. The van der Waals surface area contributed by atoms with E-state index in [4.69, 9.17) is 9.57 Å². The van der Waals surface area contributed by atoms with Gasteiger partial charge in [0.1, 0.15) is 6.10 Å². The van der Waals surface area contributed by atoms with E-state index in [1.807, 2.05) is 25.1 Å². The first-order valence-electron chi connectivity index (χ1n) is 11.7. The Morgan fingerprint density at radius 2 is 1.91 bits per heavy atom. The Morgan fingerprint density at radius 3 is 2.66 bits per heavy atom. The molecule has 2 saturated carbocycles. The molecule has 0 N–H and O–H groups in total. The summed E-state index contributed by atoms with van der Waals surface area (Å²) in [6, 6.07) is 8.99. The summed E-state index contributed by atoms with van der Waals surface area (Å²) in [5.74, 6) is 0.243. The number of fused-ring (bicyclic) bond motifs is 4. The average molecular weight is 434 g/mol. The number of nitrogens with zero attached hydrogens (tertiary/aromatic N) is 1. The number of hydrogen-bond acceptors (Lipinski definition) is 5. The maximum atomic E-state index is 12.4. The van der Waals surface area contributed by atoms with E-state index in [0.29, 0.717) is 17.4 Å². The number of carbonyl (C=O) groups is 2. The number of carbonyl (C=O) groups excluding carboxylic acids is 2. The van der Waals surface area contributed by atoms with Crippen LogP contribution in [-0.4, -0.2) is 23.8 Å². The van der Waals surface area contributed by atoms with Crippen molar-refractivity contribution in [3.05, 3.63) is 58.7 Å². The Balaban J connectivity index is 1.39. The minimum atomic E-state index is -0.416. The fourth-order valence-corrected chi connectivity index (χ4v) is 6.84. The number of hydrogen-bond donors (Lipinski definition) is 0. The van der Waals surface area contributed by atoms with Crippen LogP contribution in [0.3, 0.4) is 0 Å². The molecule has 0 spiro atoms. The standard InChI is InChI=1S/C27H31NO4/c1-16-19-14-18-10-11-22-26(2,3)23(28-32-25(30)17-8-6-5-7-9-17)12-13-27(22,4)20(18)15-21(19)31-24(16)29/h5-9,14,20-22H,10-13,15H2,1-4H3/b28-23+/t20-,21-,22-,27+/m1/s1. The summed E-state index contributed by atoms with van der Waals surface area (Å²) in [6.45, 7) is 8.77. The number of allylic oxidation sites excluding steroid dienone is 1. The first-order chi connectivity index (χ1) is 15.2. The highest BCUT2D eigenvalue weighted by Gasteiger charge is 2.57. The molecule has 32 heavy (non-hydrogen) atoms. The van der Waals surface area contributed by atoms with Crippen LogP contribution in [0.15, 0.2) is 58.3 Å².